The van der Waals surface area contributed by atoms with Gasteiger partial charge in [0.15, 0.2) is 5.57 Å². The van der Waals surface area contributed by atoms with Crippen LogP contribution < -0.4 is 5.32 Å². The van der Waals surface area contributed by atoms with Crippen LogP contribution in [0.15, 0.2) is 40.5 Å². The smallest absolute Gasteiger partial charge is 0.150 e. The number of fused-ring (bicyclic) bond motifs is 2. The molecule has 0 spiro atoms. The average molecular weight is 491 g/mol. The second-order valence-electron chi connectivity index (χ2n) is 8.93. The van der Waals surface area contributed by atoms with Crippen molar-refractivity contribution in [2.75, 3.05) is 47.2 Å². The van der Waals surface area contributed by atoms with Crippen molar-refractivity contribution in [2.24, 2.45) is 15.8 Å². The van der Waals surface area contributed by atoms with Gasteiger partial charge in [-0.2, -0.15) is 21.0 Å². The van der Waals surface area contributed by atoms with Crippen LogP contribution in [0.4, 0.5) is 0 Å². The van der Waals surface area contributed by atoms with Crippen molar-refractivity contribution in [1.82, 2.24) is 15.1 Å². The molecule has 2 bridgehead atoms. The van der Waals surface area contributed by atoms with Crippen molar-refractivity contribution in [1.29, 1.82) is 21.0 Å². The first kappa shape index (κ1) is 26.2. The Kier molecular flexibility index (Phi) is 8.13. The molecule has 2 saturated heterocycles. The molecule has 0 saturated carbocycles. The van der Waals surface area contributed by atoms with Crippen LogP contribution in [0.1, 0.15) is 24.8 Å². The van der Waals surface area contributed by atoms with Gasteiger partial charge in [-0.25, -0.2) is 0 Å². The van der Waals surface area contributed by atoms with Gasteiger partial charge in [-0.3, -0.25) is 9.89 Å². The summed E-state index contributed by atoms with van der Waals surface area (Å²) in [5.74, 6) is -0.467. The van der Waals surface area contributed by atoms with E-state index >= 15 is 0 Å². The van der Waals surface area contributed by atoms with E-state index in [1.54, 1.807) is 24.3 Å². The van der Waals surface area contributed by atoms with Gasteiger partial charge in [0.05, 0.1) is 24.5 Å². The molecule has 3 atom stereocenters. The number of nitrogens with one attached hydrogen (secondary N) is 1. The van der Waals surface area contributed by atoms with Crippen LogP contribution in [-0.4, -0.2) is 62.8 Å². The molecular formula is C25H27ClN8O. The van der Waals surface area contributed by atoms with Gasteiger partial charge in [0, 0.05) is 30.6 Å². The SMILES string of the molecule is CCCOCN(C)C/N=C1/NC(=C(C#N)C#N)C2(C#N)CN(C)CC1(C#N)C2c1ccccc1Cl. The molecule has 1 N–H and O–H groups in total. The monoisotopic (exact) mass is 490 g/mol. The van der Waals surface area contributed by atoms with E-state index in [9.17, 15) is 21.0 Å². The highest BCUT2D eigenvalue weighted by atomic mass is 35.5. The number of halogens is 1. The minimum absolute atomic E-state index is 0.149. The van der Waals surface area contributed by atoms with Gasteiger partial charge >= 0.3 is 0 Å². The highest BCUT2D eigenvalue weighted by molar-refractivity contribution is 6.31. The second kappa shape index (κ2) is 10.9. The summed E-state index contributed by atoms with van der Waals surface area (Å²) in [7, 11) is 3.65. The number of nitrogens with zero attached hydrogens (tertiary/aromatic N) is 7. The summed E-state index contributed by atoms with van der Waals surface area (Å²) >= 11 is 6.62. The van der Waals surface area contributed by atoms with E-state index in [2.05, 4.69) is 17.5 Å². The van der Waals surface area contributed by atoms with Crippen LogP contribution in [0.3, 0.4) is 0 Å². The predicted octanol–water partition coefficient (Wildman–Crippen LogP) is 2.97. The number of ether oxygens (including phenoxy) is 1. The molecule has 9 nitrogen and oxygen atoms in total. The minimum Gasteiger partial charge on any atom is -0.366 e. The maximum Gasteiger partial charge on any atom is 0.150 e. The molecule has 1 aromatic rings. The van der Waals surface area contributed by atoms with Gasteiger partial charge in [0.1, 0.15) is 35.5 Å². The van der Waals surface area contributed by atoms with Gasteiger partial charge in [-0.15, -0.1) is 0 Å². The Morgan fingerprint density at radius 3 is 2.46 bits per heavy atom. The number of hydrogen-bond acceptors (Lipinski definition) is 8. The number of allylic oxidation sites excluding steroid dienone is 1. The van der Waals surface area contributed by atoms with Crippen molar-refractivity contribution < 1.29 is 4.74 Å². The molecule has 35 heavy (non-hydrogen) atoms. The van der Waals surface area contributed by atoms with E-state index in [-0.39, 0.29) is 31.0 Å². The largest absolute Gasteiger partial charge is 0.366 e. The van der Waals surface area contributed by atoms with Gasteiger partial charge < -0.3 is 15.0 Å². The maximum atomic E-state index is 10.7. The fraction of sp³-hybridized carbons (Fsp3) is 0.480. The van der Waals surface area contributed by atoms with Crippen LogP contribution in [0.25, 0.3) is 0 Å². The summed E-state index contributed by atoms with van der Waals surface area (Å²) in [6.07, 6.45) is 0.892. The Morgan fingerprint density at radius 1 is 1.20 bits per heavy atom. The van der Waals surface area contributed by atoms with Crippen molar-refractivity contribution in [3.8, 4) is 24.3 Å². The maximum absolute atomic E-state index is 10.7. The molecular weight excluding hydrogens is 464 g/mol. The van der Waals surface area contributed by atoms with Gasteiger partial charge in [-0.1, -0.05) is 36.7 Å². The van der Waals surface area contributed by atoms with Gasteiger partial charge in [-0.05, 0) is 32.1 Å². The molecule has 0 radical (unpaired) electrons. The van der Waals surface area contributed by atoms with E-state index in [1.807, 2.05) is 43.0 Å². The molecule has 2 aliphatic rings. The first-order valence-corrected chi connectivity index (χ1v) is 11.6. The minimum atomic E-state index is -1.40. The van der Waals surface area contributed by atoms with E-state index in [4.69, 9.17) is 21.3 Å². The first-order valence-electron chi connectivity index (χ1n) is 11.2. The van der Waals surface area contributed by atoms with Crippen LogP contribution in [0.5, 0.6) is 0 Å². The molecule has 10 heteroatoms. The fourth-order valence-corrected chi connectivity index (χ4v) is 5.28. The molecule has 3 unspecified atom stereocenters. The molecule has 0 amide bonds. The van der Waals surface area contributed by atoms with Crippen molar-refractivity contribution in [3.05, 3.63) is 46.1 Å². The lowest BCUT2D eigenvalue weighted by Crippen LogP contribution is -2.67. The van der Waals surface area contributed by atoms with E-state index in [1.165, 1.54) is 0 Å². The normalized spacial score (nSPS) is 26.8. The quantitative estimate of drug-likeness (QED) is 0.350. The third-order valence-electron chi connectivity index (χ3n) is 6.36. The highest BCUT2D eigenvalue weighted by Crippen LogP contribution is 2.59. The number of hydrogen-bond donors (Lipinski definition) is 1. The Hall–Kier alpha value is -3.44. The van der Waals surface area contributed by atoms with Crippen molar-refractivity contribution >= 4 is 17.4 Å². The van der Waals surface area contributed by atoms with E-state index in [0.29, 0.717) is 29.8 Å². The van der Waals surface area contributed by atoms with E-state index in [0.717, 1.165) is 6.42 Å². The van der Waals surface area contributed by atoms with Crippen LogP contribution in [0.2, 0.25) is 5.02 Å². The summed E-state index contributed by atoms with van der Waals surface area (Å²) in [5.41, 5.74) is -2.15. The zero-order chi connectivity index (χ0) is 25.6. The topological polar surface area (TPSA) is 135 Å². The van der Waals surface area contributed by atoms with Crippen LogP contribution >= 0.6 is 11.6 Å². The zero-order valence-electron chi connectivity index (χ0n) is 20.0. The van der Waals surface area contributed by atoms with Crippen molar-refractivity contribution in [2.45, 2.75) is 19.3 Å². The molecule has 1 aromatic carbocycles. The number of rotatable bonds is 7. The number of benzene rings is 1. The summed E-state index contributed by atoms with van der Waals surface area (Å²) in [6, 6.07) is 15.7. The Labute approximate surface area is 211 Å². The average Bonchev–Trinajstić information content (AvgIpc) is 2.85. The number of aliphatic imine (C=N–C) groups is 1. The second-order valence-corrected chi connectivity index (χ2v) is 9.34. The molecule has 0 aliphatic carbocycles. The predicted molar refractivity (Wildman–Crippen MR) is 130 cm³/mol. The molecule has 0 aromatic heterocycles. The summed E-state index contributed by atoms with van der Waals surface area (Å²) < 4.78 is 5.58. The number of amidine groups is 1. The highest BCUT2D eigenvalue weighted by Gasteiger charge is 2.65. The molecule has 180 valence electrons. The summed E-state index contributed by atoms with van der Waals surface area (Å²) in [4.78, 5) is 8.45. The van der Waals surface area contributed by atoms with Gasteiger partial charge in [0.2, 0.25) is 0 Å². The molecule has 3 rings (SSSR count). The zero-order valence-corrected chi connectivity index (χ0v) is 20.8. The fourth-order valence-electron chi connectivity index (χ4n) is 5.04. The lowest BCUT2D eigenvalue weighted by atomic mass is 9.52. The third kappa shape index (κ3) is 4.61. The lowest BCUT2D eigenvalue weighted by Gasteiger charge is -2.56. The number of piperidine rings is 2. The molecule has 2 aliphatic heterocycles. The number of nitriles is 4. The van der Waals surface area contributed by atoms with Crippen molar-refractivity contribution in [3.63, 3.8) is 0 Å². The van der Waals surface area contributed by atoms with Crippen LogP contribution in [-0.2, 0) is 4.74 Å². The molecule has 2 fully saturated rings. The lowest BCUT2D eigenvalue weighted by molar-refractivity contribution is 0.0440. The van der Waals surface area contributed by atoms with E-state index < -0.39 is 16.7 Å². The standard InChI is InChI=1S/C25H27ClN8O/c1-4-9-35-17-34(3)16-31-23-25(13-30)15-33(2)14-24(12-29,22(32-23)18(10-27)11-28)21(25)19-7-5-6-8-20(19)26/h5-8,21H,4,9,14-17H2,1-3H3,(H,31,32). The van der Waals surface area contributed by atoms with Crippen LogP contribution in [0, 0.1) is 56.2 Å². The summed E-state index contributed by atoms with van der Waals surface area (Å²) in [6.45, 7) is 3.68. The summed E-state index contributed by atoms with van der Waals surface area (Å²) in [5, 5.41) is 44.3. The Bertz CT molecular complexity index is 1180. The first-order chi connectivity index (χ1) is 16.8. The Morgan fingerprint density at radius 2 is 1.86 bits per heavy atom. The third-order valence-corrected chi connectivity index (χ3v) is 6.70. The number of likely N-dealkylation sites (tertiary alicyclic amines) is 1. The molecule has 2 heterocycles. The Balaban J connectivity index is 2.28. The van der Waals surface area contributed by atoms with Gasteiger partial charge in [0.25, 0.3) is 0 Å².